The van der Waals surface area contributed by atoms with Crippen LogP contribution in [0.15, 0.2) is 23.1 Å². The second kappa shape index (κ2) is 5.88. The van der Waals surface area contributed by atoms with Crippen molar-refractivity contribution < 1.29 is 0 Å². The smallest absolute Gasteiger partial charge is 0.0107 e. The van der Waals surface area contributed by atoms with Gasteiger partial charge in [-0.05, 0) is 67.9 Å². The Balaban J connectivity index is 1.78. The van der Waals surface area contributed by atoms with Crippen molar-refractivity contribution >= 4 is 11.8 Å². The van der Waals surface area contributed by atoms with E-state index in [0.29, 0.717) is 0 Å². The minimum atomic E-state index is 0.728. The van der Waals surface area contributed by atoms with E-state index in [1.54, 1.807) is 11.1 Å². The van der Waals surface area contributed by atoms with Crippen molar-refractivity contribution in [3.05, 3.63) is 29.3 Å². The van der Waals surface area contributed by atoms with Crippen molar-refractivity contribution in [3.8, 4) is 0 Å². The van der Waals surface area contributed by atoms with Crippen LogP contribution in [0.2, 0.25) is 0 Å². The molecule has 0 radical (unpaired) electrons. The quantitative estimate of drug-likeness (QED) is 0.835. The number of thioether (sulfide) groups is 1. The van der Waals surface area contributed by atoms with Gasteiger partial charge < -0.3 is 5.32 Å². The highest BCUT2D eigenvalue weighted by molar-refractivity contribution is 7.99. The van der Waals surface area contributed by atoms with Gasteiger partial charge in [-0.2, -0.15) is 0 Å². The number of hydrogen-bond acceptors (Lipinski definition) is 2. The molecule has 2 heteroatoms. The number of nitrogens with one attached hydrogen (secondary N) is 1. The van der Waals surface area contributed by atoms with Gasteiger partial charge in [-0.3, -0.25) is 0 Å². The largest absolute Gasteiger partial charge is 0.311 e. The van der Waals surface area contributed by atoms with Crippen molar-refractivity contribution in [3.63, 3.8) is 0 Å². The molecule has 3 atom stereocenters. The molecule has 1 heterocycles. The lowest BCUT2D eigenvalue weighted by atomic mass is 9.79. The van der Waals surface area contributed by atoms with Crippen LogP contribution in [0.4, 0.5) is 0 Å². The van der Waals surface area contributed by atoms with Crippen molar-refractivity contribution in [2.24, 2.45) is 5.92 Å². The molecule has 1 aromatic carbocycles. The molecule has 0 aromatic heterocycles. The van der Waals surface area contributed by atoms with Crippen molar-refractivity contribution in [1.29, 1.82) is 0 Å². The van der Waals surface area contributed by atoms with Crippen LogP contribution in [0.1, 0.15) is 44.2 Å². The summed E-state index contributed by atoms with van der Waals surface area (Å²) in [4.78, 5) is 1.54. The summed E-state index contributed by atoms with van der Waals surface area (Å²) in [6, 6.07) is 8.40. The molecule has 1 unspecified atom stereocenters. The molecule has 3 rings (SSSR count). The summed E-state index contributed by atoms with van der Waals surface area (Å²) in [6.07, 6.45) is 6.69. The van der Waals surface area contributed by atoms with Crippen LogP contribution in [0, 0.1) is 5.92 Å². The number of benzene rings is 1. The molecule has 0 spiro atoms. The van der Waals surface area contributed by atoms with Gasteiger partial charge in [0.05, 0.1) is 0 Å². The highest BCUT2D eigenvalue weighted by atomic mass is 32.2. The zero-order chi connectivity index (χ0) is 13.2. The van der Waals surface area contributed by atoms with Crippen LogP contribution < -0.4 is 5.32 Å². The Hall–Kier alpha value is -0.470. The maximum Gasteiger partial charge on any atom is 0.0107 e. The molecule has 0 saturated carbocycles. The molecule has 0 amide bonds. The van der Waals surface area contributed by atoms with Gasteiger partial charge in [-0.1, -0.05) is 19.1 Å². The molecule has 2 aliphatic rings. The van der Waals surface area contributed by atoms with Crippen LogP contribution in [0.3, 0.4) is 0 Å². The maximum atomic E-state index is 3.80. The SMILES string of the molecule is CCSc1cccc2c1CC([C@H]1CC[C@@H](C)N1)CC2. The third-order valence-corrected chi connectivity index (χ3v) is 5.74. The molecule has 104 valence electrons. The van der Waals surface area contributed by atoms with E-state index in [0.717, 1.165) is 18.0 Å². The summed E-state index contributed by atoms with van der Waals surface area (Å²) < 4.78 is 0. The average molecular weight is 275 g/mol. The molecular formula is C17H25NS. The monoisotopic (exact) mass is 275 g/mol. The lowest BCUT2D eigenvalue weighted by Gasteiger charge is -2.31. The Labute approximate surface area is 121 Å². The summed E-state index contributed by atoms with van der Waals surface area (Å²) in [6.45, 7) is 4.58. The van der Waals surface area contributed by atoms with E-state index in [-0.39, 0.29) is 0 Å². The van der Waals surface area contributed by atoms with E-state index in [9.17, 15) is 0 Å². The fourth-order valence-corrected chi connectivity index (χ4v) is 4.62. The second-order valence-electron chi connectivity index (χ2n) is 6.08. The first kappa shape index (κ1) is 13.5. The Kier molecular flexibility index (Phi) is 4.18. The van der Waals surface area contributed by atoms with Gasteiger partial charge in [0.25, 0.3) is 0 Å². The van der Waals surface area contributed by atoms with Crippen LogP contribution in [0.5, 0.6) is 0 Å². The van der Waals surface area contributed by atoms with E-state index in [1.165, 1.54) is 42.8 Å². The molecule has 1 aliphatic carbocycles. The maximum absolute atomic E-state index is 3.80. The van der Waals surface area contributed by atoms with Gasteiger partial charge in [0.15, 0.2) is 0 Å². The highest BCUT2D eigenvalue weighted by Crippen LogP contribution is 2.36. The first-order valence-corrected chi connectivity index (χ1v) is 8.76. The lowest BCUT2D eigenvalue weighted by molar-refractivity contribution is 0.339. The van der Waals surface area contributed by atoms with Gasteiger partial charge in [-0.25, -0.2) is 0 Å². The van der Waals surface area contributed by atoms with E-state index in [1.807, 2.05) is 11.8 Å². The molecule has 0 bridgehead atoms. The molecular weight excluding hydrogens is 250 g/mol. The number of fused-ring (bicyclic) bond motifs is 1. The molecule has 1 N–H and O–H groups in total. The van der Waals surface area contributed by atoms with Gasteiger partial charge in [-0.15, -0.1) is 11.8 Å². The van der Waals surface area contributed by atoms with E-state index < -0.39 is 0 Å². The molecule has 1 fully saturated rings. The van der Waals surface area contributed by atoms with Crippen molar-refractivity contribution in [2.75, 3.05) is 5.75 Å². The first-order valence-electron chi connectivity index (χ1n) is 7.77. The van der Waals surface area contributed by atoms with Crippen LogP contribution in [0.25, 0.3) is 0 Å². The van der Waals surface area contributed by atoms with Gasteiger partial charge >= 0.3 is 0 Å². The lowest BCUT2D eigenvalue weighted by Crippen LogP contribution is -2.36. The van der Waals surface area contributed by atoms with E-state index >= 15 is 0 Å². The van der Waals surface area contributed by atoms with Gasteiger partial charge in [0.2, 0.25) is 0 Å². The van der Waals surface area contributed by atoms with Gasteiger partial charge in [0, 0.05) is 17.0 Å². The zero-order valence-corrected chi connectivity index (χ0v) is 12.9. The van der Waals surface area contributed by atoms with E-state index in [2.05, 4.69) is 37.4 Å². The summed E-state index contributed by atoms with van der Waals surface area (Å²) in [7, 11) is 0. The average Bonchev–Trinajstić information content (AvgIpc) is 2.86. The molecule has 1 aromatic rings. The Bertz CT molecular complexity index is 443. The van der Waals surface area contributed by atoms with E-state index in [4.69, 9.17) is 0 Å². The minimum absolute atomic E-state index is 0.728. The number of hydrogen-bond donors (Lipinski definition) is 1. The summed E-state index contributed by atoms with van der Waals surface area (Å²) in [5.41, 5.74) is 3.27. The summed E-state index contributed by atoms with van der Waals surface area (Å²) in [5.74, 6) is 2.04. The summed E-state index contributed by atoms with van der Waals surface area (Å²) in [5, 5.41) is 3.80. The third-order valence-electron chi connectivity index (χ3n) is 4.76. The predicted octanol–water partition coefficient (Wildman–Crippen LogP) is 4.04. The molecule has 19 heavy (non-hydrogen) atoms. The fourth-order valence-electron chi connectivity index (χ4n) is 3.75. The molecule has 1 aliphatic heterocycles. The summed E-state index contributed by atoms with van der Waals surface area (Å²) >= 11 is 2.01. The predicted molar refractivity (Wildman–Crippen MR) is 84.0 cm³/mol. The first-order chi connectivity index (χ1) is 9.28. The Morgan fingerprint density at radius 3 is 2.89 bits per heavy atom. The zero-order valence-electron chi connectivity index (χ0n) is 12.1. The number of aryl methyl sites for hydroxylation is 1. The minimum Gasteiger partial charge on any atom is -0.311 e. The molecule has 1 nitrogen and oxygen atoms in total. The Morgan fingerprint density at radius 1 is 1.26 bits per heavy atom. The standard InChI is InChI=1S/C17H25NS/c1-3-19-17-6-4-5-13-8-9-14(11-15(13)17)16-10-7-12(2)18-16/h4-6,12,14,16,18H,3,7-11H2,1-2H3/t12-,14?,16-/m1/s1. The van der Waals surface area contributed by atoms with Crippen LogP contribution in [-0.2, 0) is 12.8 Å². The van der Waals surface area contributed by atoms with Crippen LogP contribution >= 0.6 is 11.8 Å². The van der Waals surface area contributed by atoms with Crippen LogP contribution in [-0.4, -0.2) is 17.8 Å². The highest BCUT2D eigenvalue weighted by Gasteiger charge is 2.31. The topological polar surface area (TPSA) is 12.0 Å². The van der Waals surface area contributed by atoms with Gasteiger partial charge in [0.1, 0.15) is 0 Å². The number of rotatable bonds is 3. The normalized spacial score (nSPS) is 30.3. The van der Waals surface area contributed by atoms with Crippen molar-refractivity contribution in [2.45, 2.75) is 62.9 Å². The Morgan fingerprint density at radius 2 is 2.16 bits per heavy atom. The molecule has 1 saturated heterocycles. The third kappa shape index (κ3) is 2.85. The fraction of sp³-hybridized carbons (Fsp3) is 0.647. The van der Waals surface area contributed by atoms with Crippen molar-refractivity contribution in [1.82, 2.24) is 5.32 Å². The second-order valence-corrected chi connectivity index (χ2v) is 7.39.